The van der Waals surface area contributed by atoms with E-state index in [1.54, 1.807) is 0 Å². The Morgan fingerprint density at radius 1 is 0.448 bits per heavy atom. The minimum atomic E-state index is 0.180. The van der Waals surface area contributed by atoms with Gasteiger partial charge in [0.15, 0.2) is 0 Å². The predicted octanol–water partition coefficient (Wildman–Crippen LogP) is 8.54. The van der Waals surface area contributed by atoms with Gasteiger partial charge in [-0.25, -0.2) is 0 Å². The van der Waals surface area contributed by atoms with Crippen LogP contribution in [0, 0.1) is 20.8 Å². The molecule has 0 aliphatic rings. The van der Waals surface area contributed by atoms with E-state index in [4.69, 9.17) is 0 Å². The molecule has 0 nitrogen and oxygen atoms in total. The van der Waals surface area contributed by atoms with E-state index < -0.39 is 0 Å². The molecule has 0 radical (unpaired) electrons. The summed E-state index contributed by atoms with van der Waals surface area (Å²) in [6, 6.07) is 20.7. The van der Waals surface area contributed by atoms with Gasteiger partial charge in [-0.15, -0.1) is 0 Å². The van der Waals surface area contributed by atoms with Crippen LogP contribution in [0.5, 0.6) is 0 Å². The van der Waals surface area contributed by atoms with Gasteiger partial charge in [0.2, 0.25) is 0 Å². The molecule has 29 heavy (non-hydrogen) atoms. The first-order valence-electron chi connectivity index (χ1n) is 10.7. The van der Waals surface area contributed by atoms with Crippen LogP contribution >= 0.6 is 0 Å². The second kappa shape index (κ2) is 7.48. The third kappa shape index (κ3) is 4.47. The third-order valence-electron chi connectivity index (χ3n) is 6.01. The van der Waals surface area contributed by atoms with Gasteiger partial charge in [-0.05, 0) is 81.7 Å². The monoisotopic (exact) mass is 384 g/mol. The number of hydrogen-bond acceptors (Lipinski definition) is 0. The number of benzene rings is 3. The van der Waals surface area contributed by atoms with Crippen molar-refractivity contribution >= 4 is 0 Å². The summed E-state index contributed by atoms with van der Waals surface area (Å²) in [7, 11) is 0. The first-order chi connectivity index (χ1) is 13.4. The van der Waals surface area contributed by atoms with Crippen LogP contribution < -0.4 is 0 Å². The highest BCUT2D eigenvalue weighted by molar-refractivity contribution is 5.76. The minimum absolute atomic E-state index is 0.180. The van der Waals surface area contributed by atoms with E-state index in [1.165, 1.54) is 50.1 Å². The Bertz CT molecular complexity index is 1040. The van der Waals surface area contributed by atoms with E-state index in [2.05, 4.69) is 117 Å². The Balaban J connectivity index is 2.00. The number of rotatable bonds is 2. The van der Waals surface area contributed by atoms with Crippen molar-refractivity contribution in [1.82, 2.24) is 0 Å². The summed E-state index contributed by atoms with van der Waals surface area (Å²) in [5.41, 5.74) is 12.4. The largest absolute Gasteiger partial charge is 0.0579 e. The quantitative estimate of drug-likeness (QED) is 0.415. The van der Waals surface area contributed by atoms with Crippen molar-refractivity contribution < 1.29 is 0 Å². The maximum Gasteiger partial charge on any atom is -0.0132 e. The van der Waals surface area contributed by atoms with Gasteiger partial charge in [-0.2, -0.15) is 0 Å². The molecule has 0 aromatic heterocycles. The number of aryl methyl sites for hydroxylation is 3. The molecule has 0 amide bonds. The zero-order chi connectivity index (χ0) is 21.6. The molecule has 0 unspecified atom stereocenters. The molecule has 0 atom stereocenters. The summed E-state index contributed by atoms with van der Waals surface area (Å²) in [6.45, 7) is 20.3. The van der Waals surface area contributed by atoms with Crippen molar-refractivity contribution in [2.75, 3.05) is 0 Å². The predicted molar refractivity (Wildman–Crippen MR) is 129 cm³/mol. The molecule has 0 saturated heterocycles. The third-order valence-corrected chi connectivity index (χ3v) is 6.01. The molecule has 0 fully saturated rings. The van der Waals surface area contributed by atoms with Gasteiger partial charge in [-0.1, -0.05) is 96.1 Å². The van der Waals surface area contributed by atoms with E-state index in [0.717, 1.165) is 0 Å². The Morgan fingerprint density at radius 3 is 1.21 bits per heavy atom. The highest BCUT2D eigenvalue weighted by atomic mass is 14.2. The van der Waals surface area contributed by atoms with E-state index in [0.29, 0.717) is 0 Å². The topological polar surface area (TPSA) is 0 Å². The van der Waals surface area contributed by atoms with Gasteiger partial charge in [0.25, 0.3) is 0 Å². The molecular weight excluding hydrogens is 348 g/mol. The van der Waals surface area contributed by atoms with Crippen LogP contribution in [0.1, 0.15) is 69.4 Å². The summed E-state index contributed by atoms with van der Waals surface area (Å²) in [6.07, 6.45) is 0. The zero-order valence-electron chi connectivity index (χ0n) is 19.7. The van der Waals surface area contributed by atoms with E-state index in [9.17, 15) is 0 Å². The minimum Gasteiger partial charge on any atom is -0.0579 e. The van der Waals surface area contributed by atoms with Crippen molar-refractivity contribution in [2.45, 2.75) is 73.1 Å². The van der Waals surface area contributed by atoms with Crippen LogP contribution in [0.4, 0.5) is 0 Å². The first kappa shape index (κ1) is 21.4. The van der Waals surface area contributed by atoms with Crippen LogP contribution in [0.3, 0.4) is 0 Å². The summed E-state index contributed by atoms with van der Waals surface area (Å²) in [5.74, 6) is 0. The lowest BCUT2D eigenvalue weighted by atomic mass is 9.83. The molecule has 0 aliphatic carbocycles. The highest BCUT2D eigenvalue weighted by Gasteiger charge is 2.17. The van der Waals surface area contributed by atoms with Crippen molar-refractivity contribution in [3.05, 3.63) is 82.4 Å². The van der Waals surface area contributed by atoms with Crippen LogP contribution in [-0.4, -0.2) is 0 Å². The van der Waals surface area contributed by atoms with Crippen LogP contribution in [-0.2, 0) is 10.8 Å². The molecule has 3 rings (SSSR count). The average Bonchev–Trinajstić information content (AvgIpc) is 2.60. The van der Waals surface area contributed by atoms with Crippen LogP contribution in [0.2, 0.25) is 0 Å². The standard InChI is InChI=1S/C29H36/c1-19-16-22(25-14-11-23(17-20(25)2)28(4,5)6)10-13-26(19)27-15-12-24(18-21(27)3)29(7,8)9/h10-18H,1-9H3. The SMILES string of the molecule is Cc1cc(C(C)(C)C)ccc1-c1ccc(-c2ccc(C(C)(C)C)cc2C)c(C)c1. The molecular formula is C29H36. The van der Waals surface area contributed by atoms with Crippen molar-refractivity contribution in [3.8, 4) is 22.3 Å². The van der Waals surface area contributed by atoms with E-state index >= 15 is 0 Å². The highest BCUT2D eigenvalue weighted by Crippen LogP contribution is 2.35. The van der Waals surface area contributed by atoms with Crippen LogP contribution in [0.15, 0.2) is 54.6 Å². The molecule has 3 aromatic carbocycles. The summed E-state index contributed by atoms with van der Waals surface area (Å²) in [4.78, 5) is 0. The molecule has 0 N–H and O–H groups in total. The summed E-state index contributed by atoms with van der Waals surface area (Å²) < 4.78 is 0. The van der Waals surface area contributed by atoms with Gasteiger partial charge in [0.1, 0.15) is 0 Å². The van der Waals surface area contributed by atoms with Gasteiger partial charge < -0.3 is 0 Å². The van der Waals surface area contributed by atoms with E-state index in [-0.39, 0.29) is 10.8 Å². The van der Waals surface area contributed by atoms with Crippen molar-refractivity contribution in [3.63, 3.8) is 0 Å². The maximum absolute atomic E-state index is 2.35. The molecule has 0 bridgehead atoms. The molecule has 0 saturated carbocycles. The lowest BCUT2D eigenvalue weighted by Crippen LogP contribution is -2.11. The molecule has 3 aromatic rings. The summed E-state index contributed by atoms with van der Waals surface area (Å²) in [5, 5.41) is 0. The molecule has 152 valence electrons. The van der Waals surface area contributed by atoms with Crippen molar-refractivity contribution in [1.29, 1.82) is 0 Å². The molecule has 0 heteroatoms. The summed E-state index contributed by atoms with van der Waals surface area (Å²) >= 11 is 0. The van der Waals surface area contributed by atoms with E-state index in [1.807, 2.05) is 0 Å². The molecule has 0 heterocycles. The van der Waals surface area contributed by atoms with Gasteiger partial charge in [0, 0.05) is 0 Å². The molecule has 0 spiro atoms. The Kier molecular flexibility index (Phi) is 5.52. The maximum atomic E-state index is 2.35. The fourth-order valence-electron chi connectivity index (χ4n) is 4.02. The Labute approximate surface area is 178 Å². The zero-order valence-corrected chi connectivity index (χ0v) is 19.7. The smallest absolute Gasteiger partial charge is 0.0132 e. The van der Waals surface area contributed by atoms with Crippen LogP contribution in [0.25, 0.3) is 22.3 Å². The van der Waals surface area contributed by atoms with Gasteiger partial charge >= 0.3 is 0 Å². The Hall–Kier alpha value is -2.34. The lowest BCUT2D eigenvalue weighted by molar-refractivity contribution is 0.589. The first-order valence-corrected chi connectivity index (χ1v) is 10.7. The fraction of sp³-hybridized carbons (Fsp3) is 0.379. The van der Waals surface area contributed by atoms with Crippen molar-refractivity contribution in [2.24, 2.45) is 0 Å². The Morgan fingerprint density at radius 2 is 0.828 bits per heavy atom. The number of hydrogen-bond donors (Lipinski definition) is 0. The van der Waals surface area contributed by atoms with Gasteiger partial charge in [-0.3, -0.25) is 0 Å². The molecule has 0 aliphatic heterocycles. The normalized spacial score (nSPS) is 12.3. The second-order valence-corrected chi connectivity index (χ2v) is 10.6. The fourth-order valence-corrected chi connectivity index (χ4v) is 4.02. The average molecular weight is 385 g/mol. The lowest BCUT2D eigenvalue weighted by Gasteiger charge is -2.22. The van der Waals surface area contributed by atoms with Gasteiger partial charge in [0.05, 0.1) is 0 Å². The second-order valence-electron chi connectivity index (χ2n) is 10.6.